The Bertz CT molecular complexity index is 968. The number of esters is 1. The summed E-state index contributed by atoms with van der Waals surface area (Å²) < 4.78 is 9.70. The Morgan fingerprint density at radius 2 is 1.87 bits per heavy atom. The summed E-state index contributed by atoms with van der Waals surface area (Å²) in [4.78, 5) is 12.4. The summed E-state index contributed by atoms with van der Waals surface area (Å²) in [5, 5.41) is 18.9. The Morgan fingerprint density at radius 1 is 1.10 bits per heavy atom. The number of nitrogens with zero attached hydrogens (tertiary/aromatic N) is 2. The van der Waals surface area contributed by atoms with Gasteiger partial charge in [0, 0.05) is 6.42 Å². The minimum Gasteiger partial charge on any atom is -0.504 e. The number of aromatic nitrogens is 2. The van der Waals surface area contributed by atoms with Crippen molar-refractivity contribution in [3.05, 3.63) is 78.4 Å². The van der Waals surface area contributed by atoms with Crippen molar-refractivity contribution in [2.24, 2.45) is 5.92 Å². The molecule has 158 valence electrons. The molecule has 2 atom stereocenters. The molecule has 2 aromatic carbocycles. The molecule has 3 aromatic rings. The molecule has 2 unspecified atom stereocenters. The van der Waals surface area contributed by atoms with Crippen molar-refractivity contribution in [2.75, 3.05) is 0 Å². The number of aromatic hydroxyl groups is 2. The van der Waals surface area contributed by atoms with E-state index in [-0.39, 0.29) is 36.0 Å². The van der Waals surface area contributed by atoms with E-state index in [9.17, 15) is 15.0 Å². The third-order valence-electron chi connectivity index (χ3n) is 5.26. The van der Waals surface area contributed by atoms with Crippen LogP contribution in [0.1, 0.15) is 43.9 Å². The number of imidazole rings is 1. The number of hydrogen-bond donors (Lipinski definition) is 2. The molecule has 6 nitrogen and oxygen atoms in total. The van der Waals surface area contributed by atoms with Gasteiger partial charge in [-0.3, -0.25) is 4.79 Å². The molecule has 30 heavy (non-hydrogen) atoms. The molecule has 1 heterocycles. The van der Waals surface area contributed by atoms with Crippen LogP contribution >= 0.6 is 0 Å². The quantitative estimate of drug-likeness (QED) is 0.319. The molecule has 0 aliphatic carbocycles. The van der Waals surface area contributed by atoms with Crippen molar-refractivity contribution in [3.63, 3.8) is 0 Å². The first-order valence-corrected chi connectivity index (χ1v) is 10.2. The third kappa shape index (κ3) is 5.63. The van der Waals surface area contributed by atoms with Gasteiger partial charge >= 0.3 is 5.97 Å². The highest BCUT2D eigenvalue weighted by atomic mass is 16.5. The zero-order valence-corrected chi connectivity index (χ0v) is 17.4. The van der Waals surface area contributed by atoms with E-state index in [0.29, 0.717) is 12.0 Å². The molecule has 6 heteroatoms. The van der Waals surface area contributed by atoms with Crippen molar-refractivity contribution < 1.29 is 24.3 Å². The summed E-state index contributed by atoms with van der Waals surface area (Å²) in [6.45, 7) is 4.86. The Morgan fingerprint density at radius 3 is 2.57 bits per heavy atom. The highest BCUT2D eigenvalue weighted by Crippen LogP contribution is 2.26. The first-order valence-electron chi connectivity index (χ1n) is 10.2. The molecule has 0 saturated heterocycles. The maximum absolute atomic E-state index is 12.4. The molecule has 0 aliphatic heterocycles. The third-order valence-corrected chi connectivity index (χ3v) is 5.26. The monoisotopic (exact) mass is 409 g/mol. The van der Waals surface area contributed by atoms with Crippen LogP contribution in [0.4, 0.5) is 0 Å². The fourth-order valence-electron chi connectivity index (χ4n) is 3.47. The average Bonchev–Trinajstić information content (AvgIpc) is 3.21. The number of phenolic OH excluding ortho intramolecular Hbond substituents is 2. The molecule has 0 aliphatic rings. The summed E-state index contributed by atoms with van der Waals surface area (Å²) >= 11 is 0. The molecule has 0 spiro atoms. The van der Waals surface area contributed by atoms with E-state index in [1.165, 1.54) is 17.7 Å². The van der Waals surface area contributed by atoms with E-state index in [2.05, 4.69) is 40.7 Å². The Balaban J connectivity index is 1.55. The second-order valence-corrected chi connectivity index (χ2v) is 7.65. The van der Waals surface area contributed by atoms with Gasteiger partial charge in [0.1, 0.15) is 31.6 Å². The summed E-state index contributed by atoms with van der Waals surface area (Å²) in [5.74, 6) is -0.949. The number of carbonyl (C=O) groups is 1. The minimum atomic E-state index is -0.273. The van der Waals surface area contributed by atoms with Gasteiger partial charge in [-0.2, -0.15) is 0 Å². The van der Waals surface area contributed by atoms with Crippen molar-refractivity contribution >= 4 is 5.97 Å². The molecule has 0 amide bonds. The van der Waals surface area contributed by atoms with Crippen LogP contribution in [0.3, 0.4) is 0 Å². The van der Waals surface area contributed by atoms with Gasteiger partial charge in [-0.05, 0) is 29.7 Å². The molecule has 0 saturated carbocycles. The van der Waals surface area contributed by atoms with E-state index in [1.807, 2.05) is 31.3 Å². The molecule has 0 radical (unpaired) electrons. The van der Waals surface area contributed by atoms with Crippen LogP contribution in [-0.4, -0.2) is 20.7 Å². The standard InChI is InChI=1S/C24H28N2O4/c1-3-21(26-12-11-25(17-26)15-19-7-5-4-6-8-19)13-18(2)24(29)30-16-20-9-10-22(27)23(28)14-20/h4-12,14,17-18,21H,3,13,15-16H2,1-2H3,(H-,27,28)/p+1. The van der Waals surface area contributed by atoms with Gasteiger partial charge in [0.2, 0.25) is 6.33 Å². The second-order valence-electron chi connectivity index (χ2n) is 7.65. The Hall–Kier alpha value is -3.28. The summed E-state index contributed by atoms with van der Waals surface area (Å²) in [7, 11) is 0. The summed E-state index contributed by atoms with van der Waals surface area (Å²) in [6.07, 6.45) is 7.77. The zero-order chi connectivity index (χ0) is 21.5. The Labute approximate surface area is 177 Å². The number of ether oxygens (including phenoxy) is 1. The maximum Gasteiger partial charge on any atom is 0.309 e. The Kier molecular flexibility index (Phi) is 7.12. The SMILES string of the molecule is CCC(CC(C)C(=O)OCc1ccc(O)c(O)c1)n1cc[n+](Cc2ccccc2)c1. The lowest BCUT2D eigenvalue weighted by Crippen LogP contribution is -2.32. The van der Waals surface area contributed by atoms with Crippen molar-refractivity contribution in [2.45, 2.75) is 45.9 Å². The smallest absolute Gasteiger partial charge is 0.309 e. The van der Waals surface area contributed by atoms with E-state index in [4.69, 9.17) is 4.74 Å². The topological polar surface area (TPSA) is 75.6 Å². The average molecular weight is 410 g/mol. The van der Waals surface area contributed by atoms with E-state index in [0.717, 1.165) is 13.0 Å². The van der Waals surface area contributed by atoms with Gasteiger partial charge in [-0.1, -0.05) is 50.2 Å². The lowest BCUT2D eigenvalue weighted by atomic mass is 10.00. The maximum atomic E-state index is 12.4. The highest BCUT2D eigenvalue weighted by molar-refractivity contribution is 5.72. The highest BCUT2D eigenvalue weighted by Gasteiger charge is 2.23. The molecule has 2 N–H and O–H groups in total. The van der Waals surface area contributed by atoms with E-state index < -0.39 is 0 Å². The molecule has 3 rings (SSSR count). The number of rotatable bonds is 9. The number of phenols is 2. The molecule has 1 aromatic heterocycles. The lowest BCUT2D eigenvalue weighted by molar-refractivity contribution is -0.688. The normalized spacial score (nSPS) is 13.0. The summed E-state index contributed by atoms with van der Waals surface area (Å²) in [6, 6.07) is 14.9. The lowest BCUT2D eigenvalue weighted by Gasteiger charge is -2.16. The van der Waals surface area contributed by atoms with Crippen LogP contribution in [-0.2, 0) is 22.7 Å². The fourth-order valence-corrected chi connectivity index (χ4v) is 3.47. The van der Waals surface area contributed by atoms with Crippen LogP contribution < -0.4 is 4.57 Å². The fraction of sp³-hybridized carbons (Fsp3) is 0.333. The summed E-state index contributed by atoms with van der Waals surface area (Å²) in [5.41, 5.74) is 1.87. The van der Waals surface area contributed by atoms with Crippen molar-refractivity contribution in [3.8, 4) is 11.5 Å². The first kappa shape index (κ1) is 21.4. The number of carbonyl (C=O) groups excluding carboxylic acids is 1. The van der Waals surface area contributed by atoms with E-state index >= 15 is 0 Å². The van der Waals surface area contributed by atoms with Gasteiger partial charge in [0.25, 0.3) is 0 Å². The van der Waals surface area contributed by atoms with Gasteiger partial charge < -0.3 is 14.9 Å². The molecular formula is C24H29N2O4+. The molecule has 0 fully saturated rings. The zero-order valence-electron chi connectivity index (χ0n) is 17.4. The number of hydrogen-bond acceptors (Lipinski definition) is 4. The van der Waals surface area contributed by atoms with Crippen LogP contribution in [0, 0.1) is 5.92 Å². The first-order chi connectivity index (χ1) is 14.5. The van der Waals surface area contributed by atoms with Crippen LogP contribution in [0.2, 0.25) is 0 Å². The van der Waals surface area contributed by atoms with Crippen molar-refractivity contribution in [1.82, 2.24) is 4.57 Å². The van der Waals surface area contributed by atoms with Crippen LogP contribution in [0.5, 0.6) is 11.5 Å². The van der Waals surface area contributed by atoms with Gasteiger partial charge in [0.05, 0.1) is 5.92 Å². The minimum absolute atomic E-state index is 0.0639. The van der Waals surface area contributed by atoms with Gasteiger partial charge in [-0.25, -0.2) is 9.13 Å². The van der Waals surface area contributed by atoms with Crippen LogP contribution in [0.25, 0.3) is 0 Å². The van der Waals surface area contributed by atoms with Gasteiger partial charge in [-0.15, -0.1) is 0 Å². The molecular weight excluding hydrogens is 380 g/mol. The second kappa shape index (κ2) is 9.96. The largest absolute Gasteiger partial charge is 0.504 e. The van der Waals surface area contributed by atoms with Gasteiger partial charge in [0.15, 0.2) is 11.5 Å². The predicted molar refractivity (Wildman–Crippen MR) is 113 cm³/mol. The predicted octanol–water partition coefficient (Wildman–Crippen LogP) is 3.96. The van der Waals surface area contributed by atoms with Crippen LogP contribution in [0.15, 0.2) is 67.3 Å². The number of benzene rings is 2. The van der Waals surface area contributed by atoms with Crippen molar-refractivity contribution in [1.29, 1.82) is 0 Å². The molecule has 0 bridgehead atoms. The van der Waals surface area contributed by atoms with E-state index in [1.54, 1.807) is 6.07 Å².